The van der Waals surface area contributed by atoms with Gasteiger partial charge in [0.15, 0.2) is 42.6 Å². The molecule has 1 saturated carbocycles. The standard InChI is InChI=1S/C67H102N2O24/c1-29-15-18-45(88-52-27-65(11,69(79)80)60(38(10)87-52)68-64(78)82-14)30(2)20-40-21-39(28-70)33(5)26-67(40)62(76)53(63(77)93-67)61(75)66(12)42(29)17-16-41-54(66)31(3)19-32(4)57(41)91-51-24-46(56(74)35(7)84-51)89-50-25-47(90-48-22-43(71)55(73)34(6)83-48)59(37(9)86-50)92-49-23-44(72)58(81-13)36(8)85-49/h15-17,20-21,31-38,40-52,54-60,69-75,79H,18-19,22-28H2,1-14H3,(H,68,78)/b29-15-,30-20-,61-53-/t31-,32-,33+,34-,35-,36-,37-,38+,40+,41-,42-,43-,44+,45-,46+,47-,48-,49+,50-,51-,52-,54+,55-,56-,57-,58-,59-,60-,65-,66+,67-/m0/s1. The summed E-state index contributed by atoms with van der Waals surface area (Å²) in [5, 5.41) is 93.4. The number of ketones is 1. The average Bonchev–Trinajstić information content (AvgIpc) is 1.70. The van der Waals surface area contributed by atoms with Crippen LogP contribution in [0.1, 0.15) is 134 Å². The van der Waals surface area contributed by atoms with E-state index < -0.39 is 210 Å². The van der Waals surface area contributed by atoms with Crippen LogP contribution in [-0.2, 0) is 71.2 Å². The number of carbonyl (C=O) groups excluding carboxylic acids is 3. The van der Waals surface area contributed by atoms with Crippen molar-refractivity contribution < 1.29 is 117 Å². The number of hydrogen-bond acceptors (Lipinski definition) is 24. The molecule has 1 amide bonds. The molecule has 1 spiro atoms. The molecular formula is C67H102N2O24. The fourth-order valence-corrected chi connectivity index (χ4v) is 17.3. The second-order valence-corrected chi connectivity index (χ2v) is 28.7. The van der Waals surface area contributed by atoms with Crippen LogP contribution in [0.15, 0.2) is 58.4 Å². The fourth-order valence-electron chi connectivity index (χ4n) is 17.3. The van der Waals surface area contributed by atoms with Gasteiger partial charge in [-0.15, -0.1) is 0 Å². The van der Waals surface area contributed by atoms with E-state index in [2.05, 4.69) is 25.2 Å². The number of allylic oxidation sites excluding steroid dienone is 3. The molecule has 0 aromatic carbocycles. The van der Waals surface area contributed by atoms with Gasteiger partial charge in [0.25, 0.3) is 0 Å². The molecule has 0 radical (unpaired) electrons. The van der Waals surface area contributed by atoms with Crippen LogP contribution in [0, 0.1) is 52.0 Å². The molecule has 93 heavy (non-hydrogen) atoms. The summed E-state index contributed by atoms with van der Waals surface area (Å²) in [6.45, 7) is 21.4. The first-order valence-corrected chi connectivity index (χ1v) is 33.3. The largest absolute Gasteiger partial charge is 0.600 e. The molecule has 6 heterocycles. The van der Waals surface area contributed by atoms with Gasteiger partial charge in [-0.2, -0.15) is 0 Å². The van der Waals surface area contributed by atoms with Gasteiger partial charge < -0.3 is 103 Å². The van der Waals surface area contributed by atoms with Crippen LogP contribution in [0.5, 0.6) is 0 Å². The number of rotatable bonds is 14. The summed E-state index contributed by atoms with van der Waals surface area (Å²) in [6, 6.07) is -0.994. The van der Waals surface area contributed by atoms with Crippen LogP contribution in [0.25, 0.3) is 0 Å². The number of hydrogen-bond donors (Lipinski definition) is 9. The molecule has 4 aliphatic carbocycles. The summed E-state index contributed by atoms with van der Waals surface area (Å²) >= 11 is 0. The highest BCUT2D eigenvalue weighted by Gasteiger charge is 2.64. The van der Waals surface area contributed by atoms with Gasteiger partial charge in [0.05, 0.1) is 87.3 Å². The number of carbonyl (C=O) groups is 3. The number of aliphatic hydroxyl groups excluding tert-OH is 6. The van der Waals surface area contributed by atoms with Crippen LogP contribution in [-0.4, -0.2) is 215 Å². The summed E-state index contributed by atoms with van der Waals surface area (Å²) in [5.74, 6) is -5.24. The Morgan fingerprint density at radius 1 is 0.688 bits per heavy atom. The van der Waals surface area contributed by atoms with Gasteiger partial charge in [0.1, 0.15) is 41.8 Å². The predicted octanol–water partition coefficient (Wildman–Crippen LogP) is 3.95. The van der Waals surface area contributed by atoms with Crippen LogP contribution in [0.3, 0.4) is 0 Å². The van der Waals surface area contributed by atoms with Gasteiger partial charge >= 0.3 is 12.1 Å². The quantitative estimate of drug-likeness (QED) is 0.0514. The zero-order valence-corrected chi connectivity index (χ0v) is 56.0. The van der Waals surface area contributed by atoms with E-state index >= 15 is 4.79 Å². The van der Waals surface area contributed by atoms with Crippen LogP contribution in [0.2, 0.25) is 0 Å². The Bertz CT molecular complexity index is 2830. The zero-order valence-electron chi connectivity index (χ0n) is 56.0. The maximum absolute atomic E-state index is 15.7. The number of esters is 1. The Labute approximate surface area is 544 Å². The third-order valence-corrected chi connectivity index (χ3v) is 22.4. The highest BCUT2D eigenvalue weighted by molar-refractivity contribution is 6.26. The van der Waals surface area contributed by atoms with E-state index in [1.165, 1.54) is 21.1 Å². The number of hydroxylamine groups is 2. The Morgan fingerprint density at radius 3 is 1.92 bits per heavy atom. The van der Waals surface area contributed by atoms with Crippen LogP contribution >= 0.6 is 0 Å². The van der Waals surface area contributed by atoms with Crippen molar-refractivity contribution in [3.63, 3.8) is 0 Å². The Balaban J connectivity index is 0.942. The molecule has 32 atom stereocenters. The first-order valence-electron chi connectivity index (χ1n) is 33.3. The summed E-state index contributed by atoms with van der Waals surface area (Å²) in [7, 11) is 2.69. The predicted molar refractivity (Wildman–Crippen MR) is 327 cm³/mol. The van der Waals surface area contributed by atoms with Crippen molar-refractivity contribution in [2.45, 2.75) is 275 Å². The second kappa shape index (κ2) is 28.5. The fraction of sp³-hybridized carbons (Fsp3) is 0.806. The molecule has 7 fully saturated rings. The number of amides is 1. The van der Waals surface area contributed by atoms with Crippen LogP contribution in [0.4, 0.5) is 4.79 Å². The molecule has 1 unspecified atom stereocenters. The molecular weight excluding hydrogens is 1220 g/mol. The number of quaternary nitrogens is 1. The van der Waals surface area contributed by atoms with Gasteiger partial charge in [0.2, 0.25) is 5.78 Å². The van der Waals surface area contributed by atoms with Gasteiger partial charge in [-0.25, -0.2) is 20.0 Å². The van der Waals surface area contributed by atoms with Gasteiger partial charge in [0, 0.05) is 62.4 Å². The maximum Gasteiger partial charge on any atom is 0.407 e. The number of fused-ring (bicyclic) bond motifs is 4. The number of nitrogens with one attached hydrogen (secondary N) is 2. The Hall–Kier alpha value is -3.85. The molecule has 10 aliphatic rings. The second-order valence-electron chi connectivity index (χ2n) is 28.7. The SMILES string of the molecule is COC(=O)N[C@H]1[C@@H](C)O[C@@H](O[C@H]2C/C=C(/C)[C@@H]3C=C[C@@H]4[C@@H](O[C@H]5C[C@@H](O[C@H]6C[C@H](O[C@H]7C[C@H](O)[C@@H](O)[C@H](C)O7)[C@@H](O[C@@H]7C[C@@H](O)[C@@H](OC)[C@H](C)O7)[C@H](C)O6)[C@@H](O)[C@H](C)O5)[C@@H](C)C[C@H](C)[C@H]4[C@]3(C)/C(O)=C3/C(=O)O[C@]4(C[C@@H](C)C(CO)=C[C@H]4/C=C\2C)C3=O)C[C@]1(C)[NH+]([O-])O. The minimum absolute atomic E-state index is 0.000292. The van der Waals surface area contributed by atoms with E-state index in [4.69, 9.17) is 61.6 Å². The van der Waals surface area contributed by atoms with Gasteiger partial charge in [-0.1, -0.05) is 63.6 Å². The van der Waals surface area contributed by atoms with E-state index in [-0.39, 0.29) is 63.4 Å². The van der Waals surface area contributed by atoms with Crippen molar-refractivity contribution in [2.24, 2.45) is 46.8 Å². The number of methoxy groups -OCH3 is 2. The number of Topliss-reactive ketones (excluding diaryl/α,β-unsaturated/α-hetero) is 1. The third kappa shape index (κ3) is 13.9. The zero-order chi connectivity index (χ0) is 67.7. The summed E-state index contributed by atoms with van der Waals surface area (Å²) in [5.41, 5.74) is -3.22. The lowest BCUT2D eigenvalue weighted by molar-refractivity contribution is -1.09. The number of aliphatic hydroxyl groups is 6. The van der Waals surface area contributed by atoms with E-state index in [0.29, 0.717) is 17.6 Å². The molecule has 9 N–H and O–H groups in total. The molecule has 524 valence electrons. The topological polar surface area (TPSA) is 352 Å². The maximum atomic E-state index is 15.7. The lowest BCUT2D eigenvalue weighted by atomic mass is 9.49. The number of ether oxygens (including phenoxy) is 13. The van der Waals surface area contributed by atoms with Crippen molar-refractivity contribution in [3.05, 3.63) is 63.6 Å². The monoisotopic (exact) mass is 1320 g/mol. The summed E-state index contributed by atoms with van der Waals surface area (Å²) in [4.78, 5) is 43.0. The average molecular weight is 1320 g/mol. The van der Waals surface area contributed by atoms with Crippen molar-refractivity contribution >= 4 is 17.8 Å². The minimum Gasteiger partial charge on any atom is -0.600 e. The van der Waals surface area contributed by atoms with E-state index in [0.717, 1.165) is 5.57 Å². The molecule has 2 bridgehead atoms. The first kappa shape index (κ1) is 71.9. The first-order chi connectivity index (χ1) is 43.9. The van der Waals surface area contributed by atoms with Gasteiger partial charge in [-0.3, -0.25) is 4.79 Å². The lowest BCUT2D eigenvalue weighted by Gasteiger charge is -2.56. The van der Waals surface area contributed by atoms with Crippen molar-refractivity contribution in [2.75, 3.05) is 20.8 Å². The smallest absolute Gasteiger partial charge is 0.407 e. The van der Waals surface area contributed by atoms with E-state index in [1.54, 1.807) is 46.8 Å². The normalized spacial score (nSPS) is 50.3. The van der Waals surface area contributed by atoms with Crippen molar-refractivity contribution in [1.82, 2.24) is 5.32 Å². The molecule has 26 heteroatoms. The molecule has 6 aliphatic heterocycles. The Morgan fingerprint density at radius 2 is 1.28 bits per heavy atom. The van der Waals surface area contributed by atoms with Crippen molar-refractivity contribution in [1.29, 1.82) is 0 Å². The summed E-state index contributed by atoms with van der Waals surface area (Å²) in [6.07, 6.45) is -7.60. The minimum atomic E-state index is -1.83. The third-order valence-electron chi connectivity index (χ3n) is 22.4. The Kier molecular flexibility index (Phi) is 22.1. The van der Waals surface area contributed by atoms with Gasteiger partial charge in [-0.05, 0) is 103 Å². The van der Waals surface area contributed by atoms with Crippen LogP contribution < -0.4 is 10.5 Å². The van der Waals surface area contributed by atoms with E-state index in [1.807, 2.05) is 39.8 Å². The van der Waals surface area contributed by atoms with E-state index in [9.17, 15) is 50.6 Å². The highest BCUT2D eigenvalue weighted by atomic mass is 16.8. The molecule has 26 nitrogen and oxygen atoms in total. The molecule has 0 aromatic heterocycles. The molecule has 10 rings (SSSR count). The van der Waals surface area contributed by atoms with Crippen molar-refractivity contribution in [3.8, 4) is 0 Å². The highest BCUT2D eigenvalue weighted by Crippen LogP contribution is 2.61. The summed E-state index contributed by atoms with van der Waals surface area (Å²) < 4.78 is 82.1. The number of alkyl carbamates (subject to hydrolysis) is 1. The molecule has 6 saturated heterocycles. The molecule has 0 aromatic rings. The lowest BCUT2D eigenvalue weighted by Crippen LogP contribution is -3.17.